The van der Waals surface area contributed by atoms with Crippen LogP contribution in [0.3, 0.4) is 0 Å². The van der Waals surface area contributed by atoms with Crippen molar-refractivity contribution in [3.05, 3.63) is 41.6 Å². The van der Waals surface area contributed by atoms with E-state index in [0.29, 0.717) is 11.6 Å². The van der Waals surface area contributed by atoms with Crippen LogP contribution in [0.4, 0.5) is 19.0 Å². The highest BCUT2D eigenvalue weighted by Gasteiger charge is 2.30. The lowest BCUT2D eigenvalue weighted by atomic mass is 10.1. The molecule has 3 nitrogen and oxygen atoms in total. The molecule has 0 saturated heterocycles. The first-order chi connectivity index (χ1) is 12.3. The number of halogens is 3. The molecule has 6 heteroatoms. The van der Waals surface area contributed by atoms with E-state index in [0.717, 1.165) is 56.0 Å². The van der Waals surface area contributed by atoms with Gasteiger partial charge in [-0.05, 0) is 49.9 Å². The minimum absolute atomic E-state index is 0.639. The Labute approximate surface area is 153 Å². The largest absolute Gasteiger partial charge is 0.416 e. The first kappa shape index (κ1) is 20.3. The Hall–Kier alpha value is -1.98. The van der Waals surface area contributed by atoms with E-state index in [1.165, 1.54) is 12.1 Å². The zero-order valence-corrected chi connectivity index (χ0v) is 16.0. The fourth-order valence-electron chi connectivity index (χ4n) is 2.86. The van der Waals surface area contributed by atoms with Crippen LogP contribution in [-0.2, 0) is 6.18 Å². The summed E-state index contributed by atoms with van der Waals surface area (Å²) in [4.78, 5) is 2.26. The second-order valence-corrected chi connectivity index (χ2v) is 6.89. The molecule has 0 aliphatic heterocycles. The van der Waals surface area contributed by atoms with Gasteiger partial charge in [-0.1, -0.05) is 27.2 Å². The minimum atomic E-state index is -4.32. The quantitative estimate of drug-likeness (QED) is 0.583. The van der Waals surface area contributed by atoms with Crippen LogP contribution in [-0.4, -0.2) is 22.9 Å². The van der Waals surface area contributed by atoms with Crippen LogP contribution >= 0.6 is 0 Å². The molecule has 2 aromatic rings. The van der Waals surface area contributed by atoms with Crippen LogP contribution < -0.4 is 4.90 Å². The smallest absolute Gasteiger partial charge is 0.355 e. The maximum absolute atomic E-state index is 12.7. The zero-order valence-electron chi connectivity index (χ0n) is 16.0. The summed E-state index contributed by atoms with van der Waals surface area (Å²) < 4.78 is 39.9. The van der Waals surface area contributed by atoms with Gasteiger partial charge in [-0.15, -0.1) is 0 Å². The van der Waals surface area contributed by atoms with Gasteiger partial charge in [-0.25, -0.2) is 4.68 Å². The summed E-state index contributed by atoms with van der Waals surface area (Å²) >= 11 is 0. The summed E-state index contributed by atoms with van der Waals surface area (Å²) in [7, 11) is 0. The third-order valence-electron chi connectivity index (χ3n) is 4.72. The van der Waals surface area contributed by atoms with Gasteiger partial charge < -0.3 is 4.90 Å². The number of aromatic nitrogens is 2. The number of hydrogen-bond acceptors (Lipinski definition) is 2. The lowest BCUT2D eigenvalue weighted by Gasteiger charge is -2.23. The molecule has 2 rings (SSSR count). The van der Waals surface area contributed by atoms with Crippen molar-refractivity contribution in [1.29, 1.82) is 0 Å². The molecular weight excluding hydrogens is 339 g/mol. The van der Waals surface area contributed by atoms with Crippen LogP contribution in [0.5, 0.6) is 0 Å². The normalized spacial score (nSPS) is 13.0. The van der Waals surface area contributed by atoms with Crippen molar-refractivity contribution in [3.8, 4) is 5.69 Å². The van der Waals surface area contributed by atoms with Gasteiger partial charge in [-0.2, -0.15) is 18.3 Å². The van der Waals surface area contributed by atoms with Crippen LogP contribution in [0.25, 0.3) is 5.69 Å². The standard InChI is InChI=1S/C20H28F3N3/c1-5-12-25(13-11-15(3)6-2)19-14-16(4)26(24-19)18-9-7-17(8-10-18)20(21,22)23/h7-10,14-15H,5-6,11-13H2,1-4H3. The third kappa shape index (κ3) is 5.02. The molecule has 144 valence electrons. The summed E-state index contributed by atoms with van der Waals surface area (Å²) in [6.07, 6.45) is -1.05. The first-order valence-corrected chi connectivity index (χ1v) is 9.25. The van der Waals surface area contributed by atoms with Crippen molar-refractivity contribution in [3.63, 3.8) is 0 Å². The second kappa shape index (κ2) is 8.60. The predicted octanol–water partition coefficient (Wildman–Crippen LogP) is 5.85. The molecule has 0 spiro atoms. The summed E-state index contributed by atoms with van der Waals surface area (Å²) in [5.41, 5.74) is 0.900. The van der Waals surface area contributed by atoms with E-state index in [1.807, 2.05) is 13.0 Å². The summed E-state index contributed by atoms with van der Waals surface area (Å²) in [5.74, 6) is 1.54. The number of rotatable bonds is 8. The molecule has 1 aromatic heterocycles. The van der Waals surface area contributed by atoms with E-state index in [2.05, 4.69) is 30.8 Å². The van der Waals surface area contributed by atoms with Gasteiger partial charge in [0.05, 0.1) is 11.3 Å². The second-order valence-electron chi connectivity index (χ2n) is 6.89. The Morgan fingerprint density at radius 2 is 1.77 bits per heavy atom. The van der Waals surface area contributed by atoms with Gasteiger partial charge in [0, 0.05) is 24.8 Å². The molecule has 0 aliphatic rings. The SMILES string of the molecule is CCCN(CCC(C)CC)c1cc(C)n(-c2ccc(C(F)(F)F)cc2)n1. The summed E-state index contributed by atoms with van der Waals surface area (Å²) in [6, 6.07) is 7.14. The molecule has 1 heterocycles. The molecule has 1 aromatic carbocycles. The van der Waals surface area contributed by atoms with Gasteiger partial charge in [-0.3, -0.25) is 0 Å². The lowest BCUT2D eigenvalue weighted by molar-refractivity contribution is -0.137. The average molecular weight is 367 g/mol. The molecule has 0 bridgehead atoms. The van der Waals surface area contributed by atoms with Crippen LogP contribution in [0.15, 0.2) is 30.3 Å². The molecule has 26 heavy (non-hydrogen) atoms. The Bertz CT molecular complexity index is 689. The number of alkyl halides is 3. The monoisotopic (exact) mass is 367 g/mol. The molecule has 0 N–H and O–H groups in total. The molecular formula is C20H28F3N3. The van der Waals surface area contributed by atoms with E-state index in [1.54, 1.807) is 4.68 Å². The third-order valence-corrected chi connectivity index (χ3v) is 4.72. The number of nitrogens with zero attached hydrogens (tertiary/aromatic N) is 3. The molecule has 0 radical (unpaired) electrons. The van der Waals surface area contributed by atoms with Gasteiger partial charge in [0.15, 0.2) is 5.82 Å². The summed E-state index contributed by atoms with van der Waals surface area (Å²) in [6.45, 7) is 10.4. The maximum atomic E-state index is 12.7. The Kier molecular flexibility index (Phi) is 6.73. The van der Waals surface area contributed by atoms with E-state index in [-0.39, 0.29) is 0 Å². The fourth-order valence-corrected chi connectivity index (χ4v) is 2.86. The predicted molar refractivity (Wildman–Crippen MR) is 99.9 cm³/mol. The Balaban J connectivity index is 2.23. The van der Waals surface area contributed by atoms with Gasteiger partial charge in [0.1, 0.15) is 0 Å². The fraction of sp³-hybridized carbons (Fsp3) is 0.550. The van der Waals surface area contributed by atoms with Crippen molar-refractivity contribution < 1.29 is 13.2 Å². The average Bonchev–Trinajstić information content (AvgIpc) is 2.99. The molecule has 0 saturated carbocycles. The van der Waals surface area contributed by atoms with E-state index >= 15 is 0 Å². The molecule has 0 amide bonds. The highest BCUT2D eigenvalue weighted by molar-refractivity contribution is 5.44. The highest BCUT2D eigenvalue weighted by Crippen LogP contribution is 2.30. The number of hydrogen-bond donors (Lipinski definition) is 0. The summed E-state index contributed by atoms with van der Waals surface area (Å²) in [5, 5.41) is 4.66. The molecule has 0 fully saturated rings. The van der Waals surface area contributed by atoms with Crippen LogP contribution in [0.2, 0.25) is 0 Å². The topological polar surface area (TPSA) is 21.1 Å². The maximum Gasteiger partial charge on any atom is 0.416 e. The van der Waals surface area contributed by atoms with Gasteiger partial charge in [0.2, 0.25) is 0 Å². The van der Waals surface area contributed by atoms with Crippen LogP contribution in [0.1, 0.15) is 51.3 Å². The lowest BCUT2D eigenvalue weighted by Crippen LogP contribution is -2.27. The van der Waals surface area contributed by atoms with Crippen molar-refractivity contribution >= 4 is 5.82 Å². The van der Waals surface area contributed by atoms with Gasteiger partial charge >= 0.3 is 6.18 Å². The van der Waals surface area contributed by atoms with Crippen molar-refractivity contribution in [2.75, 3.05) is 18.0 Å². The molecule has 0 aliphatic carbocycles. The number of aryl methyl sites for hydroxylation is 1. The number of benzene rings is 1. The van der Waals surface area contributed by atoms with Crippen molar-refractivity contribution in [2.24, 2.45) is 5.92 Å². The van der Waals surface area contributed by atoms with Crippen molar-refractivity contribution in [1.82, 2.24) is 9.78 Å². The van der Waals surface area contributed by atoms with Crippen molar-refractivity contribution in [2.45, 2.75) is 53.1 Å². The molecule has 1 unspecified atom stereocenters. The van der Waals surface area contributed by atoms with Crippen LogP contribution in [0, 0.1) is 12.8 Å². The van der Waals surface area contributed by atoms with Gasteiger partial charge in [0.25, 0.3) is 0 Å². The highest BCUT2D eigenvalue weighted by atomic mass is 19.4. The Morgan fingerprint density at radius 1 is 1.12 bits per heavy atom. The van der Waals surface area contributed by atoms with E-state index < -0.39 is 11.7 Å². The first-order valence-electron chi connectivity index (χ1n) is 9.25. The van der Waals surface area contributed by atoms with E-state index in [9.17, 15) is 13.2 Å². The van der Waals surface area contributed by atoms with E-state index in [4.69, 9.17) is 0 Å². The zero-order chi connectivity index (χ0) is 19.3. The number of anilines is 1. The minimum Gasteiger partial charge on any atom is -0.355 e. The Morgan fingerprint density at radius 3 is 2.31 bits per heavy atom. The molecule has 1 atom stereocenters.